The van der Waals surface area contributed by atoms with Crippen molar-refractivity contribution in [3.63, 3.8) is 0 Å². The number of benzene rings is 1. The van der Waals surface area contributed by atoms with Gasteiger partial charge in [0, 0.05) is 36.3 Å². The maximum absolute atomic E-state index is 12.2. The molecule has 0 bridgehead atoms. The van der Waals surface area contributed by atoms with E-state index in [0.717, 1.165) is 4.47 Å². The molecule has 0 saturated carbocycles. The molecule has 1 aliphatic heterocycles. The number of ether oxygens (including phenoxy) is 1. The molecular weight excluding hydrogens is 378 g/mol. The standard InChI is InChI=1S/C16H20BrN3O4/c1-2-24-16(23)20-8-6-19(7-9-20)15(22)11-14(21)18-13-5-3-4-12(17)10-13/h3-5,10H,2,6-9,11H2,1H3,(H,18,21). The average Bonchev–Trinajstić information content (AvgIpc) is 2.55. The summed E-state index contributed by atoms with van der Waals surface area (Å²) in [5, 5.41) is 2.70. The van der Waals surface area contributed by atoms with Gasteiger partial charge in [-0.05, 0) is 25.1 Å². The summed E-state index contributed by atoms with van der Waals surface area (Å²) in [6.45, 7) is 3.72. The highest BCUT2D eigenvalue weighted by Crippen LogP contribution is 2.16. The van der Waals surface area contributed by atoms with Gasteiger partial charge in [0.1, 0.15) is 6.42 Å². The van der Waals surface area contributed by atoms with E-state index in [1.54, 1.807) is 34.9 Å². The monoisotopic (exact) mass is 397 g/mol. The Morgan fingerprint density at radius 1 is 1.17 bits per heavy atom. The molecule has 0 radical (unpaired) electrons. The molecule has 0 aliphatic carbocycles. The predicted octanol–water partition coefficient (Wildman–Crippen LogP) is 2.08. The van der Waals surface area contributed by atoms with E-state index in [1.807, 2.05) is 6.07 Å². The molecular formula is C16H20BrN3O4. The van der Waals surface area contributed by atoms with Crippen LogP contribution in [-0.2, 0) is 14.3 Å². The van der Waals surface area contributed by atoms with Crippen LogP contribution in [0.1, 0.15) is 13.3 Å². The van der Waals surface area contributed by atoms with Crippen molar-refractivity contribution < 1.29 is 19.1 Å². The molecule has 1 heterocycles. The summed E-state index contributed by atoms with van der Waals surface area (Å²) in [6, 6.07) is 7.17. The molecule has 2 rings (SSSR count). The van der Waals surface area contributed by atoms with Gasteiger partial charge in [0.25, 0.3) is 0 Å². The molecule has 1 aliphatic rings. The number of nitrogens with zero attached hydrogens (tertiary/aromatic N) is 2. The second kappa shape index (κ2) is 8.68. The Balaban J connectivity index is 1.79. The number of carbonyl (C=O) groups excluding carboxylic acids is 3. The third kappa shape index (κ3) is 5.23. The fraction of sp³-hybridized carbons (Fsp3) is 0.438. The molecule has 3 amide bonds. The third-order valence-electron chi connectivity index (χ3n) is 3.58. The van der Waals surface area contributed by atoms with E-state index in [4.69, 9.17) is 4.74 Å². The number of halogens is 1. The van der Waals surface area contributed by atoms with Crippen molar-refractivity contribution in [2.75, 3.05) is 38.1 Å². The Morgan fingerprint density at radius 3 is 2.46 bits per heavy atom. The van der Waals surface area contributed by atoms with Crippen LogP contribution in [0.5, 0.6) is 0 Å². The minimum absolute atomic E-state index is 0.216. The van der Waals surface area contributed by atoms with Crippen molar-refractivity contribution in [2.45, 2.75) is 13.3 Å². The van der Waals surface area contributed by atoms with Crippen LogP contribution in [-0.4, -0.2) is 60.5 Å². The zero-order valence-corrected chi connectivity index (χ0v) is 15.0. The van der Waals surface area contributed by atoms with Crippen molar-refractivity contribution >= 4 is 39.5 Å². The zero-order valence-electron chi connectivity index (χ0n) is 13.5. The van der Waals surface area contributed by atoms with Crippen LogP contribution < -0.4 is 5.32 Å². The van der Waals surface area contributed by atoms with Gasteiger partial charge in [-0.2, -0.15) is 0 Å². The molecule has 1 saturated heterocycles. The number of amides is 3. The Bertz CT molecular complexity index is 615. The summed E-state index contributed by atoms with van der Waals surface area (Å²) in [7, 11) is 0. The molecule has 1 aromatic carbocycles. The Morgan fingerprint density at radius 2 is 1.83 bits per heavy atom. The van der Waals surface area contributed by atoms with E-state index in [9.17, 15) is 14.4 Å². The topological polar surface area (TPSA) is 79.0 Å². The summed E-state index contributed by atoms with van der Waals surface area (Å²) in [5.41, 5.74) is 0.634. The van der Waals surface area contributed by atoms with Gasteiger partial charge in [-0.15, -0.1) is 0 Å². The SMILES string of the molecule is CCOC(=O)N1CCN(C(=O)CC(=O)Nc2cccc(Br)c2)CC1. The summed E-state index contributed by atoms with van der Waals surface area (Å²) < 4.78 is 5.78. The average molecular weight is 398 g/mol. The van der Waals surface area contributed by atoms with Gasteiger partial charge in [0.15, 0.2) is 0 Å². The normalized spacial score (nSPS) is 14.2. The quantitative estimate of drug-likeness (QED) is 0.788. The molecule has 0 unspecified atom stereocenters. The van der Waals surface area contributed by atoms with E-state index < -0.39 is 0 Å². The number of anilines is 1. The van der Waals surface area contributed by atoms with Crippen LogP contribution in [0.25, 0.3) is 0 Å². The van der Waals surface area contributed by atoms with Crippen LogP contribution in [0.4, 0.5) is 10.5 Å². The summed E-state index contributed by atoms with van der Waals surface area (Å²) >= 11 is 3.32. The molecule has 8 heteroatoms. The smallest absolute Gasteiger partial charge is 0.409 e. The molecule has 24 heavy (non-hydrogen) atoms. The number of nitrogens with one attached hydrogen (secondary N) is 1. The van der Waals surface area contributed by atoms with Gasteiger partial charge >= 0.3 is 6.09 Å². The minimum atomic E-state index is -0.364. The fourth-order valence-corrected chi connectivity index (χ4v) is 2.77. The van der Waals surface area contributed by atoms with Gasteiger partial charge in [0.2, 0.25) is 11.8 Å². The maximum atomic E-state index is 12.2. The lowest BCUT2D eigenvalue weighted by molar-refractivity contribution is -0.135. The minimum Gasteiger partial charge on any atom is -0.450 e. The molecule has 130 valence electrons. The van der Waals surface area contributed by atoms with Crippen molar-refractivity contribution in [1.82, 2.24) is 9.80 Å². The van der Waals surface area contributed by atoms with Crippen LogP contribution in [0.3, 0.4) is 0 Å². The highest BCUT2D eigenvalue weighted by Gasteiger charge is 2.25. The molecule has 1 aromatic rings. The lowest BCUT2D eigenvalue weighted by Crippen LogP contribution is -2.51. The second-order valence-corrected chi connectivity index (χ2v) is 6.22. The van der Waals surface area contributed by atoms with Gasteiger partial charge in [-0.1, -0.05) is 22.0 Å². The van der Waals surface area contributed by atoms with Crippen LogP contribution in [0, 0.1) is 0 Å². The maximum Gasteiger partial charge on any atom is 0.409 e. The van der Waals surface area contributed by atoms with Gasteiger partial charge < -0.3 is 19.9 Å². The Hall–Kier alpha value is -2.09. The van der Waals surface area contributed by atoms with Crippen LogP contribution >= 0.6 is 15.9 Å². The summed E-state index contributed by atoms with van der Waals surface area (Å²) in [4.78, 5) is 38.9. The number of rotatable bonds is 4. The fourth-order valence-electron chi connectivity index (χ4n) is 2.37. The lowest BCUT2D eigenvalue weighted by atomic mass is 10.2. The largest absolute Gasteiger partial charge is 0.450 e. The molecule has 7 nitrogen and oxygen atoms in total. The highest BCUT2D eigenvalue weighted by molar-refractivity contribution is 9.10. The first-order chi connectivity index (χ1) is 11.5. The first-order valence-electron chi connectivity index (χ1n) is 7.74. The molecule has 0 spiro atoms. The zero-order chi connectivity index (χ0) is 17.5. The van der Waals surface area contributed by atoms with E-state index >= 15 is 0 Å². The Kier molecular flexibility index (Phi) is 6.60. The first-order valence-corrected chi connectivity index (χ1v) is 8.53. The number of piperazine rings is 1. The number of hydrogen-bond donors (Lipinski definition) is 1. The van der Waals surface area contributed by atoms with Crippen molar-refractivity contribution in [2.24, 2.45) is 0 Å². The van der Waals surface area contributed by atoms with Crippen molar-refractivity contribution in [3.05, 3.63) is 28.7 Å². The number of hydrogen-bond acceptors (Lipinski definition) is 4. The van der Waals surface area contributed by atoms with Crippen LogP contribution in [0.15, 0.2) is 28.7 Å². The van der Waals surface area contributed by atoms with E-state index in [-0.39, 0.29) is 24.3 Å². The van der Waals surface area contributed by atoms with Crippen molar-refractivity contribution in [3.8, 4) is 0 Å². The second-order valence-electron chi connectivity index (χ2n) is 5.30. The van der Waals surface area contributed by atoms with Gasteiger partial charge in [-0.3, -0.25) is 9.59 Å². The number of carbonyl (C=O) groups is 3. The Labute approximate surface area is 149 Å². The van der Waals surface area contributed by atoms with E-state index in [2.05, 4.69) is 21.2 Å². The highest BCUT2D eigenvalue weighted by atomic mass is 79.9. The predicted molar refractivity (Wildman–Crippen MR) is 92.6 cm³/mol. The molecule has 1 fully saturated rings. The van der Waals surface area contributed by atoms with Crippen LogP contribution in [0.2, 0.25) is 0 Å². The summed E-state index contributed by atoms with van der Waals surface area (Å²) in [5.74, 6) is -0.600. The molecule has 1 N–H and O–H groups in total. The molecule has 0 aromatic heterocycles. The van der Waals surface area contributed by atoms with E-state index in [0.29, 0.717) is 38.5 Å². The molecule has 0 atom stereocenters. The third-order valence-corrected chi connectivity index (χ3v) is 4.07. The van der Waals surface area contributed by atoms with Crippen molar-refractivity contribution in [1.29, 1.82) is 0 Å². The van der Waals surface area contributed by atoms with Gasteiger partial charge in [-0.25, -0.2) is 4.79 Å². The van der Waals surface area contributed by atoms with Gasteiger partial charge in [0.05, 0.1) is 6.61 Å². The summed E-state index contributed by atoms with van der Waals surface area (Å²) in [6.07, 6.45) is -0.580. The lowest BCUT2D eigenvalue weighted by Gasteiger charge is -2.34. The first kappa shape index (κ1) is 18.3. The van der Waals surface area contributed by atoms with E-state index in [1.165, 1.54) is 0 Å².